The van der Waals surface area contributed by atoms with Gasteiger partial charge in [-0.1, -0.05) is 35.5 Å². The number of amides is 2. The lowest BCUT2D eigenvalue weighted by atomic mass is 10.1. The van der Waals surface area contributed by atoms with E-state index in [1.807, 2.05) is 30.3 Å². The summed E-state index contributed by atoms with van der Waals surface area (Å²) in [5.74, 6) is 0.0502. The molecule has 144 valence electrons. The number of rotatable bonds is 3. The van der Waals surface area contributed by atoms with Crippen LogP contribution in [0.2, 0.25) is 0 Å². The molecule has 1 aliphatic rings. The fourth-order valence-corrected chi connectivity index (χ4v) is 2.50. The first-order valence-corrected chi connectivity index (χ1v) is 8.53. The van der Waals surface area contributed by atoms with Crippen molar-refractivity contribution in [2.24, 2.45) is 5.73 Å². The molecule has 28 heavy (non-hydrogen) atoms. The number of carbonyl (C=O) groups excluding carboxylic acids is 2. The Labute approximate surface area is 160 Å². The molecule has 2 amide bonds. The summed E-state index contributed by atoms with van der Waals surface area (Å²) in [5.41, 5.74) is 6.73. The number of nitrogens with one attached hydrogen (secondary N) is 1. The normalized spacial score (nSPS) is 12.5. The highest BCUT2D eigenvalue weighted by atomic mass is 19.1. The minimum atomic E-state index is -0.571. The summed E-state index contributed by atoms with van der Waals surface area (Å²) in [6, 6.07) is 15.4. The molecule has 2 heterocycles. The number of halogens is 1. The molecule has 0 fully saturated rings. The predicted molar refractivity (Wildman–Crippen MR) is 99.4 cm³/mol. The number of nitrogens with two attached hydrogens (primary N) is 1. The lowest BCUT2D eigenvalue weighted by molar-refractivity contribution is -0.116. The summed E-state index contributed by atoms with van der Waals surface area (Å²) in [6.07, 6.45) is 0.914. The summed E-state index contributed by atoms with van der Waals surface area (Å²) in [4.78, 5) is 21.8. The minimum absolute atomic E-state index is 0.149. The quantitative estimate of drug-likeness (QED) is 0.723. The van der Waals surface area contributed by atoms with Gasteiger partial charge in [0.1, 0.15) is 17.3 Å². The second-order valence-corrected chi connectivity index (χ2v) is 5.99. The molecule has 0 unspecified atom stereocenters. The van der Waals surface area contributed by atoms with Crippen molar-refractivity contribution < 1.29 is 23.2 Å². The number of fused-ring (bicyclic) bond motifs is 1. The van der Waals surface area contributed by atoms with Crippen molar-refractivity contribution in [2.45, 2.75) is 12.8 Å². The molecule has 0 bridgehead atoms. The second-order valence-electron chi connectivity index (χ2n) is 5.99. The summed E-state index contributed by atoms with van der Waals surface area (Å²) in [5, 5.41) is 6.12. The topological polar surface area (TPSA) is 107 Å². The number of primary amides is 1. The van der Waals surface area contributed by atoms with E-state index in [4.69, 9.17) is 15.0 Å². The van der Waals surface area contributed by atoms with E-state index in [9.17, 15) is 14.0 Å². The number of ether oxygens (including phenoxy) is 1. The van der Waals surface area contributed by atoms with Crippen molar-refractivity contribution in [3.63, 3.8) is 0 Å². The average Bonchev–Trinajstić information content (AvgIpc) is 3.06. The van der Waals surface area contributed by atoms with E-state index >= 15 is 0 Å². The van der Waals surface area contributed by atoms with E-state index in [-0.39, 0.29) is 17.4 Å². The van der Waals surface area contributed by atoms with Gasteiger partial charge in [0.25, 0.3) is 5.91 Å². The summed E-state index contributed by atoms with van der Waals surface area (Å²) >= 11 is 0. The summed E-state index contributed by atoms with van der Waals surface area (Å²) < 4.78 is 23.0. The standard InChI is InChI=1S/C11H10N2O2.C9H8FNO2/c12-11(14)10-7-9(15-13-10)6-8-4-2-1-3-5-8;10-6-1-2-8-7(5-6)11-9(12)3-4-13-8/h1-5,7H,6H2,(H2,12,14);1-2,5H,3-4H2,(H,11,12). The molecule has 0 atom stereocenters. The minimum Gasteiger partial charge on any atom is -0.491 e. The Kier molecular flexibility index (Phi) is 6.01. The van der Waals surface area contributed by atoms with E-state index in [1.54, 1.807) is 6.07 Å². The lowest BCUT2D eigenvalue weighted by Gasteiger charge is -2.05. The van der Waals surface area contributed by atoms with Crippen LogP contribution in [0.5, 0.6) is 5.75 Å². The van der Waals surface area contributed by atoms with E-state index in [0.717, 1.165) is 5.56 Å². The molecule has 1 aromatic heterocycles. The van der Waals surface area contributed by atoms with E-state index in [0.29, 0.717) is 36.6 Å². The van der Waals surface area contributed by atoms with Crippen LogP contribution < -0.4 is 15.8 Å². The zero-order valence-corrected chi connectivity index (χ0v) is 14.9. The van der Waals surface area contributed by atoms with Gasteiger partial charge in [-0.3, -0.25) is 9.59 Å². The first kappa shape index (κ1) is 19.1. The van der Waals surface area contributed by atoms with Crippen LogP contribution in [-0.4, -0.2) is 23.6 Å². The van der Waals surface area contributed by atoms with E-state index in [2.05, 4.69) is 10.5 Å². The highest BCUT2D eigenvalue weighted by Gasteiger charge is 2.13. The molecular formula is C20H18FN3O4. The zero-order chi connectivity index (χ0) is 19.9. The molecule has 3 aromatic rings. The SMILES string of the molecule is NC(=O)c1cc(Cc2ccccc2)on1.O=C1CCOc2ccc(F)cc2N1. The Balaban J connectivity index is 0.000000162. The largest absolute Gasteiger partial charge is 0.491 e. The predicted octanol–water partition coefficient (Wildman–Crippen LogP) is 2.91. The summed E-state index contributed by atoms with van der Waals surface area (Å²) in [6.45, 7) is 0.338. The number of hydrogen-bond acceptors (Lipinski definition) is 5. The molecule has 0 spiro atoms. The molecule has 2 aromatic carbocycles. The average molecular weight is 383 g/mol. The van der Waals surface area contributed by atoms with E-state index in [1.165, 1.54) is 18.2 Å². The van der Waals surface area contributed by atoms with Crippen LogP contribution in [0.4, 0.5) is 10.1 Å². The first-order valence-electron chi connectivity index (χ1n) is 8.53. The van der Waals surface area contributed by atoms with Gasteiger partial charge in [-0.05, 0) is 17.7 Å². The maximum Gasteiger partial charge on any atom is 0.270 e. The fraction of sp³-hybridized carbons (Fsp3) is 0.150. The molecule has 1 aliphatic heterocycles. The third kappa shape index (κ3) is 5.16. The van der Waals surface area contributed by atoms with Crippen LogP contribution in [0.1, 0.15) is 28.2 Å². The van der Waals surface area contributed by atoms with Gasteiger partial charge in [0.2, 0.25) is 5.91 Å². The highest BCUT2D eigenvalue weighted by Crippen LogP contribution is 2.27. The lowest BCUT2D eigenvalue weighted by Crippen LogP contribution is -2.10. The van der Waals surface area contributed by atoms with Crippen LogP contribution in [-0.2, 0) is 11.2 Å². The molecule has 0 aliphatic carbocycles. The Morgan fingerprint density at radius 3 is 2.68 bits per heavy atom. The highest BCUT2D eigenvalue weighted by molar-refractivity contribution is 5.93. The van der Waals surface area contributed by atoms with Gasteiger partial charge >= 0.3 is 0 Å². The van der Waals surface area contributed by atoms with Crippen LogP contribution in [0.3, 0.4) is 0 Å². The zero-order valence-electron chi connectivity index (χ0n) is 14.9. The Bertz CT molecular complexity index is 973. The Hall–Kier alpha value is -3.68. The van der Waals surface area contributed by atoms with E-state index < -0.39 is 5.91 Å². The fourth-order valence-electron chi connectivity index (χ4n) is 2.50. The second kappa shape index (κ2) is 8.81. The number of benzene rings is 2. The smallest absolute Gasteiger partial charge is 0.270 e. The molecule has 0 radical (unpaired) electrons. The van der Waals surface area contributed by atoms with Gasteiger partial charge in [-0.15, -0.1) is 0 Å². The van der Waals surface area contributed by atoms with Gasteiger partial charge in [-0.25, -0.2) is 4.39 Å². The van der Waals surface area contributed by atoms with Crippen LogP contribution in [0, 0.1) is 5.82 Å². The Morgan fingerprint density at radius 2 is 1.96 bits per heavy atom. The third-order valence-corrected chi connectivity index (χ3v) is 3.83. The van der Waals surface area contributed by atoms with Crippen molar-refractivity contribution >= 4 is 17.5 Å². The molecule has 4 rings (SSSR count). The molecule has 0 saturated carbocycles. The van der Waals surface area contributed by atoms with Gasteiger partial charge in [0, 0.05) is 18.6 Å². The number of carbonyl (C=O) groups is 2. The van der Waals surface area contributed by atoms with Gasteiger partial charge in [-0.2, -0.15) is 0 Å². The number of hydrogen-bond donors (Lipinski definition) is 2. The molecule has 8 heteroatoms. The Morgan fingerprint density at radius 1 is 1.18 bits per heavy atom. The first-order chi connectivity index (χ1) is 13.5. The van der Waals surface area contributed by atoms with Crippen molar-refractivity contribution in [3.05, 3.63) is 77.4 Å². The number of anilines is 1. The van der Waals surface area contributed by atoms with Gasteiger partial charge < -0.3 is 20.3 Å². The maximum absolute atomic E-state index is 12.7. The van der Waals surface area contributed by atoms with Gasteiger partial charge in [0.05, 0.1) is 18.7 Å². The number of aromatic nitrogens is 1. The van der Waals surface area contributed by atoms with Gasteiger partial charge in [0.15, 0.2) is 5.69 Å². The third-order valence-electron chi connectivity index (χ3n) is 3.83. The van der Waals surface area contributed by atoms with Crippen LogP contribution in [0.15, 0.2) is 59.1 Å². The monoisotopic (exact) mass is 383 g/mol. The summed E-state index contributed by atoms with van der Waals surface area (Å²) in [7, 11) is 0. The van der Waals surface area contributed by atoms with Crippen molar-refractivity contribution in [2.75, 3.05) is 11.9 Å². The molecule has 7 nitrogen and oxygen atoms in total. The molecule has 0 saturated heterocycles. The van der Waals surface area contributed by atoms with Crippen molar-refractivity contribution in [1.82, 2.24) is 5.16 Å². The number of nitrogens with zero attached hydrogens (tertiary/aromatic N) is 1. The molecule has 3 N–H and O–H groups in total. The maximum atomic E-state index is 12.7. The van der Waals surface area contributed by atoms with Crippen molar-refractivity contribution in [1.29, 1.82) is 0 Å². The van der Waals surface area contributed by atoms with Crippen LogP contribution >= 0.6 is 0 Å². The van der Waals surface area contributed by atoms with Crippen LogP contribution in [0.25, 0.3) is 0 Å². The van der Waals surface area contributed by atoms with Crippen molar-refractivity contribution in [3.8, 4) is 5.75 Å². The molecular weight excluding hydrogens is 365 g/mol.